The summed E-state index contributed by atoms with van der Waals surface area (Å²) in [4.78, 5) is 14.7. The Morgan fingerprint density at radius 3 is 1.74 bits per heavy atom. The van der Waals surface area contributed by atoms with E-state index < -0.39 is 0 Å². The first kappa shape index (κ1) is 28.3. The molecule has 0 aliphatic carbocycles. The number of fused-ring (bicyclic) bond motifs is 1. The zero-order valence-corrected chi connectivity index (χ0v) is 27.1. The van der Waals surface area contributed by atoms with E-state index in [1.165, 1.54) is 43.4 Å². The first-order valence-corrected chi connectivity index (χ1v) is 16.9. The lowest BCUT2D eigenvalue weighted by atomic mass is 9.90. The second kappa shape index (κ2) is 11.5. The maximum absolute atomic E-state index is 5.24. The fraction of sp³-hybridized carbons (Fsp3) is 0. The van der Waals surface area contributed by atoms with E-state index in [4.69, 9.17) is 9.97 Å². The molecule has 10 aromatic rings. The van der Waals surface area contributed by atoms with Gasteiger partial charge in [-0.1, -0.05) is 152 Å². The predicted octanol–water partition coefficient (Wildman–Crippen LogP) is 12.3. The molecular formula is C47H29N3. The van der Waals surface area contributed by atoms with Crippen molar-refractivity contribution in [1.29, 1.82) is 0 Å². The average Bonchev–Trinajstić information content (AvgIpc) is 3.20. The molecule has 3 heteroatoms. The van der Waals surface area contributed by atoms with Gasteiger partial charge in [0.25, 0.3) is 0 Å². The van der Waals surface area contributed by atoms with Gasteiger partial charge in [0, 0.05) is 34.6 Å². The van der Waals surface area contributed by atoms with Crippen LogP contribution in [0.4, 0.5) is 0 Å². The fourth-order valence-corrected chi connectivity index (χ4v) is 7.56. The lowest BCUT2D eigenvalue weighted by molar-refractivity contribution is 1.18. The number of pyridine rings is 1. The molecule has 0 radical (unpaired) electrons. The van der Waals surface area contributed by atoms with E-state index in [9.17, 15) is 0 Å². The number of benzene rings is 8. The van der Waals surface area contributed by atoms with Gasteiger partial charge in [-0.05, 0) is 71.9 Å². The van der Waals surface area contributed by atoms with Crippen molar-refractivity contribution in [2.75, 3.05) is 0 Å². The molecule has 0 aliphatic heterocycles. The SMILES string of the molecule is c1ccc(-c2cc(-c3cccc4c(-c5cccnc5)cccc34)nc(-c3ccc(-c4ccc5ccc6cccc7ccc4c5c67)cc3)n2)cc1. The Hall–Kier alpha value is -6.71. The Labute approximate surface area is 289 Å². The molecule has 3 nitrogen and oxygen atoms in total. The van der Waals surface area contributed by atoms with Crippen LogP contribution < -0.4 is 0 Å². The minimum atomic E-state index is 0.698. The van der Waals surface area contributed by atoms with Gasteiger partial charge in [0.05, 0.1) is 11.4 Å². The summed E-state index contributed by atoms with van der Waals surface area (Å²) in [6, 6.07) is 58.3. The molecule has 0 N–H and O–H groups in total. The third-order valence-corrected chi connectivity index (χ3v) is 9.95. The third kappa shape index (κ3) is 4.63. The largest absolute Gasteiger partial charge is 0.264 e. The Bertz CT molecular complexity index is 2830. The number of hydrogen-bond donors (Lipinski definition) is 0. The van der Waals surface area contributed by atoms with Gasteiger partial charge in [0.15, 0.2) is 5.82 Å². The minimum absolute atomic E-state index is 0.698. The second-order valence-corrected chi connectivity index (χ2v) is 12.8. The number of rotatable bonds is 5. The topological polar surface area (TPSA) is 38.7 Å². The minimum Gasteiger partial charge on any atom is -0.264 e. The van der Waals surface area contributed by atoms with Crippen molar-refractivity contribution in [2.45, 2.75) is 0 Å². The molecule has 0 saturated carbocycles. The molecule has 0 atom stereocenters. The zero-order chi connectivity index (χ0) is 33.0. The maximum atomic E-state index is 5.24. The fourth-order valence-electron chi connectivity index (χ4n) is 7.56. The highest BCUT2D eigenvalue weighted by Crippen LogP contribution is 2.40. The summed E-state index contributed by atoms with van der Waals surface area (Å²) in [7, 11) is 0. The second-order valence-electron chi connectivity index (χ2n) is 12.8. The highest BCUT2D eigenvalue weighted by molar-refractivity contribution is 6.25. The molecule has 0 unspecified atom stereocenters. The molecule has 0 aliphatic rings. The molecule has 0 fully saturated rings. The molecule has 10 rings (SSSR count). The first-order valence-electron chi connectivity index (χ1n) is 16.9. The van der Waals surface area contributed by atoms with Crippen LogP contribution in [-0.4, -0.2) is 15.0 Å². The Morgan fingerprint density at radius 1 is 0.340 bits per heavy atom. The number of hydrogen-bond acceptors (Lipinski definition) is 3. The van der Waals surface area contributed by atoms with Crippen LogP contribution in [0.2, 0.25) is 0 Å². The van der Waals surface area contributed by atoms with Gasteiger partial charge in [0.2, 0.25) is 0 Å². The van der Waals surface area contributed by atoms with Gasteiger partial charge in [-0.3, -0.25) is 4.98 Å². The van der Waals surface area contributed by atoms with E-state index in [2.05, 4.69) is 157 Å². The van der Waals surface area contributed by atoms with Crippen molar-refractivity contribution in [3.63, 3.8) is 0 Å². The maximum Gasteiger partial charge on any atom is 0.160 e. The van der Waals surface area contributed by atoms with Gasteiger partial charge < -0.3 is 0 Å². The van der Waals surface area contributed by atoms with E-state index in [0.29, 0.717) is 5.82 Å². The van der Waals surface area contributed by atoms with E-state index in [0.717, 1.165) is 50.0 Å². The molecule has 2 heterocycles. The van der Waals surface area contributed by atoms with Crippen molar-refractivity contribution in [1.82, 2.24) is 15.0 Å². The van der Waals surface area contributed by atoms with Gasteiger partial charge >= 0.3 is 0 Å². The molecule has 0 amide bonds. The third-order valence-electron chi connectivity index (χ3n) is 9.95. The zero-order valence-electron chi connectivity index (χ0n) is 27.1. The van der Waals surface area contributed by atoms with E-state index in [1.807, 2.05) is 24.5 Å². The van der Waals surface area contributed by atoms with Crippen LogP contribution in [0.15, 0.2) is 176 Å². The molecule has 8 aromatic carbocycles. The summed E-state index contributed by atoms with van der Waals surface area (Å²) in [5.41, 5.74) is 9.51. The van der Waals surface area contributed by atoms with Crippen molar-refractivity contribution in [3.05, 3.63) is 176 Å². The standard InChI is InChI=1S/C47H29N3/c1-2-8-31(9-3-1)43-28-44(41-16-6-14-39-37(13-5-15-40(39)41)36-12-7-27-48-29-36)50-47(49-43)35-21-17-30(18-22-35)38-25-23-34-20-19-32-10-4-11-33-24-26-42(38)46(34)45(32)33/h1-29H. The molecule has 0 spiro atoms. The highest BCUT2D eigenvalue weighted by Gasteiger charge is 2.16. The monoisotopic (exact) mass is 635 g/mol. The normalized spacial score (nSPS) is 11.6. The lowest BCUT2D eigenvalue weighted by Crippen LogP contribution is -1.96. The summed E-state index contributed by atoms with van der Waals surface area (Å²) in [5, 5.41) is 10.1. The quantitative estimate of drug-likeness (QED) is 0.177. The van der Waals surface area contributed by atoms with Gasteiger partial charge in [-0.25, -0.2) is 9.97 Å². The summed E-state index contributed by atoms with van der Waals surface area (Å²) >= 11 is 0. The van der Waals surface area contributed by atoms with Crippen molar-refractivity contribution >= 4 is 43.1 Å². The van der Waals surface area contributed by atoms with E-state index in [-0.39, 0.29) is 0 Å². The van der Waals surface area contributed by atoms with Crippen LogP contribution in [0.5, 0.6) is 0 Å². The first-order chi connectivity index (χ1) is 24.8. The van der Waals surface area contributed by atoms with Crippen LogP contribution in [0.25, 0.3) is 99.2 Å². The average molecular weight is 636 g/mol. The summed E-state index contributed by atoms with van der Waals surface area (Å²) in [5.74, 6) is 0.698. The molecular weight excluding hydrogens is 607 g/mol. The van der Waals surface area contributed by atoms with Crippen LogP contribution in [0.1, 0.15) is 0 Å². The number of aromatic nitrogens is 3. The van der Waals surface area contributed by atoms with Gasteiger partial charge in [0.1, 0.15) is 0 Å². The molecule has 232 valence electrons. The Kier molecular flexibility index (Phi) is 6.49. The summed E-state index contributed by atoms with van der Waals surface area (Å²) < 4.78 is 0. The van der Waals surface area contributed by atoms with Crippen molar-refractivity contribution in [2.24, 2.45) is 0 Å². The van der Waals surface area contributed by atoms with Crippen molar-refractivity contribution in [3.8, 4) is 56.2 Å². The number of nitrogens with zero attached hydrogens (tertiary/aromatic N) is 3. The smallest absolute Gasteiger partial charge is 0.160 e. The van der Waals surface area contributed by atoms with Crippen LogP contribution >= 0.6 is 0 Å². The van der Waals surface area contributed by atoms with E-state index in [1.54, 1.807) is 0 Å². The van der Waals surface area contributed by atoms with Gasteiger partial charge in [-0.2, -0.15) is 0 Å². The van der Waals surface area contributed by atoms with Crippen LogP contribution in [0.3, 0.4) is 0 Å². The molecule has 50 heavy (non-hydrogen) atoms. The van der Waals surface area contributed by atoms with Crippen molar-refractivity contribution < 1.29 is 0 Å². The molecule has 0 bridgehead atoms. The highest BCUT2D eigenvalue weighted by atomic mass is 14.9. The summed E-state index contributed by atoms with van der Waals surface area (Å²) in [6.45, 7) is 0. The summed E-state index contributed by atoms with van der Waals surface area (Å²) in [6.07, 6.45) is 3.73. The molecule has 0 saturated heterocycles. The Balaban J connectivity index is 1.11. The Morgan fingerprint density at radius 2 is 0.960 bits per heavy atom. The molecule has 2 aromatic heterocycles. The predicted molar refractivity (Wildman–Crippen MR) is 208 cm³/mol. The van der Waals surface area contributed by atoms with Gasteiger partial charge in [-0.15, -0.1) is 0 Å². The lowest BCUT2D eigenvalue weighted by Gasteiger charge is -2.15. The van der Waals surface area contributed by atoms with Crippen LogP contribution in [0, 0.1) is 0 Å². The van der Waals surface area contributed by atoms with Crippen LogP contribution in [-0.2, 0) is 0 Å². The van der Waals surface area contributed by atoms with E-state index >= 15 is 0 Å².